The molecule has 2 rings (SSSR count). The predicted molar refractivity (Wildman–Crippen MR) is 72.2 cm³/mol. The van der Waals surface area contributed by atoms with Gasteiger partial charge in [-0.25, -0.2) is 0 Å². The third-order valence-electron chi connectivity index (χ3n) is 3.77. The van der Waals surface area contributed by atoms with Gasteiger partial charge in [0, 0.05) is 30.9 Å². The highest BCUT2D eigenvalue weighted by molar-refractivity contribution is 5.05. The number of hydrogen-bond acceptors (Lipinski definition) is 4. The smallest absolute Gasteiger partial charge is 0.0597 e. The van der Waals surface area contributed by atoms with Gasteiger partial charge in [-0.2, -0.15) is 0 Å². The molecule has 2 N–H and O–H groups in total. The van der Waals surface area contributed by atoms with E-state index in [2.05, 4.69) is 35.1 Å². The van der Waals surface area contributed by atoms with E-state index in [-0.39, 0.29) is 18.2 Å². The van der Waals surface area contributed by atoms with Crippen LogP contribution in [0.2, 0.25) is 0 Å². The van der Waals surface area contributed by atoms with Crippen LogP contribution in [-0.4, -0.2) is 46.3 Å². The first-order chi connectivity index (χ1) is 8.62. The third-order valence-corrected chi connectivity index (χ3v) is 3.77. The summed E-state index contributed by atoms with van der Waals surface area (Å²) in [6, 6.07) is 6.18. The fourth-order valence-corrected chi connectivity index (χ4v) is 2.41. The molecule has 4 heteroatoms. The SMILES string of the molecule is CC1(C)CCNC(CO)CN1Cc1ccccn1. The Balaban J connectivity index is 2.11. The molecule has 100 valence electrons. The van der Waals surface area contributed by atoms with Crippen LogP contribution >= 0.6 is 0 Å². The van der Waals surface area contributed by atoms with Gasteiger partial charge in [0.1, 0.15) is 0 Å². The maximum Gasteiger partial charge on any atom is 0.0597 e. The Kier molecular flexibility index (Phi) is 4.32. The lowest BCUT2D eigenvalue weighted by molar-refractivity contribution is 0.0989. The van der Waals surface area contributed by atoms with E-state index >= 15 is 0 Å². The highest BCUT2D eigenvalue weighted by Gasteiger charge is 2.31. The molecule has 0 radical (unpaired) electrons. The lowest BCUT2D eigenvalue weighted by Crippen LogP contribution is -2.47. The van der Waals surface area contributed by atoms with E-state index in [0.717, 1.165) is 31.7 Å². The fraction of sp³-hybridized carbons (Fsp3) is 0.643. The minimum absolute atomic E-state index is 0.133. The summed E-state index contributed by atoms with van der Waals surface area (Å²) in [5, 5.41) is 12.8. The molecule has 0 bridgehead atoms. The molecule has 1 aromatic heterocycles. The van der Waals surface area contributed by atoms with Gasteiger partial charge in [-0.05, 0) is 38.9 Å². The summed E-state index contributed by atoms with van der Waals surface area (Å²) in [5.74, 6) is 0. The quantitative estimate of drug-likeness (QED) is 0.839. The van der Waals surface area contributed by atoms with Gasteiger partial charge in [-0.3, -0.25) is 9.88 Å². The van der Waals surface area contributed by atoms with Crippen LogP contribution in [-0.2, 0) is 6.54 Å². The Hall–Kier alpha value is -0.970. The minimum atomic E-state index is 0.133. The minimum Gasteiger partial charge on any atom is -0.395 e. The summed E-state index contributed by atoms with van der Waals surface area (Å²) in [6.07, 6.45) is 2.91. The third kappa shape index (κ3) is 3.28. The van der Waals surface area contributed by atoms with Crippen molar-refractivity contribution in [2.75, 3.05) is 19.7 Å². The molecule has 1 aliphatic heterocycles. The maximum absolute atomic E-state index is 9.37. The van der Waals surface area contributed by atoms with Crippen molar-refractivity contribution in [2.24, 2.45) is 0 Å². The van der Waals surface area contributed by atoms with Crippen LogP contribution in [0.5, 0.6) is 0 Å². The summed E-state index contributed by atoms with van der Waals surface area (Å²) >= 11 is 0. The number of aliphatic hydroxyl groups excluding tert-OH is 1. The molecule has 1 aliphatic rings. The van der Waals surface area contributed by atoms with E-state index in [1.54, 1.807) is 0 Å². The molecule has 4 nitrogen and oxygen atoms in total. The summed E-state index contributed by atoms with van der Waals surface area (Å²) in [6.45, 7) is 7.37. The van der Waals surface area contributed by atoms with Crippen LogP contribution in [0.1, 0.15) is 26.0 Å². The molecular formula is C14H23N3O. The Morgan fingerprint density at radius 1 is 1.50 bits per heavy atom. The van der Waals surface area contributed by atoms with Gasteiger partial charge in [-0.15, -0.1) is 0 Å². The summed E-state index contributed by atoms with van der Waals surface area (Å²) in [4.78, 5) is 6.81. The molecule has 1 atom stereocenters. The van der Waals surface area contributed by atoms with Gasteiger partial charge in [0.2, 0.25) is 0 Å². The molecule has 0 aliphatic carbocycles. The second-order valence-corrected chi connectivity index (χ2v) is 5.60. The first-order valence-electron chi connectivity index (χ1n) is 6.61. The number of hydrogen-bond donors (Lipinski definition) is 2. The van der Waals surface area contributed by atoms with E-state index in [1.807, 2.05) is 18.3 Å². The normalized spacial score (nSPS) is 24.7. The first-order valence-corrected chi connectivity index (χ1v) is 6.61. The number of nitrogens with one attached hydrogen (secondary N) is 1. The number of pyridine rings is 1. The summed E-state index contributed by atoms with van der Waals surface area (Å²) in [5.41, 5.74) is 1.22. The highest BCUT2D eigenvalue weighted by Crippen LogP contribution is 2.23. The molecule has 0 spiro atoms. The number of aromatic nitrogens is 1. The Labute approximate surface area is 109 Å². The molecule has 2 heterocycles. The standard InChI is InChI=1S/C14H23N3O/c1-14(2)6-8-16-13(11-18)10-17(14)9-12-5-3-4-7-15-12/h3-5,7,13,16,18H,6,8-11H2,1-2H3. The van der Waals surface area contributed by atoms with Crippen molar-refractivity contribution in [3.8, 4) is 0 Å². The molecular weight excluding hydrogens is 226 g/mol. The van der Waals surface area contributed by atoms with Crippen LogP contribution in [0, 0.1) is 0 Å². The van der Waals surface area contributed by atoms with Crippen LogP contribution in [0.4, 0.5) is 0 Å². The molecule has 1 fully saturated rings. The average Bonchev–Trinajstić information content (AvgIpc) is 2.50. The largest absolute Gasteiger partial charge is 0.395 e. The lowest BCUT2D eigenvalue weighted by Gasteiger charge is -2.37. The van der Waals surface area contributed by atoms with Gasteiger partial charge in [-0.1, -0.05) is 6.07 Å². The summed E-state index contributed by atoms with van der Waals surface area (Å²) in [7, 11) is 0. The van der Waals surface area contributed by atoms with Gasteiger partial charge in [0.25, 0.3) is 0 Å². The lowest BCUT2D eigenvalue weighted by atomic mass is 9.98. The molecule has 0 aromatic carbocycles. The van der Waals surface area contributed by atoms with Crippen molar-refractivity contribution in [1.82, 2.24) is 15.2 Å². The molecule has 1 saturated heterocycles. The van der Waals surface area contributed by atoms with E-state index in [0.29, 0.717) is 0 Å². The maximum atomic E-state index is 9.37. The predicted octanol–water partition coefficient (Wildman–Crippen LogP) is 1.02. The van der Waals surface area contributed by atoms with Crippen molar-refractivity contribution in [1.29, 1.82) is 0 Å². The number of rotatable bonds is 3. The van der Waals surface area contributed by atoms with Gasteiger partial charge < -0.3 is 10.4 Å². The molecule has 0 amide bonds. The molecule has 0 saturated carbocycles. The zero-order valence-corrected chi connectivity index (χ0v) is 11.3. The first kappa shape index (κ1) is 13.5. The van der Waals surface area contributed by atoms with Crippen molar-refractivity contribution < 1.29 is 5.11 Å². The second-order valence-electron chi connectivity index (χ2n) is 5.60. The average molecular weight is 249 g/mol. The van der Waals surface area contributed by atoms with Crippen LogP contribution in [0.25, 0.3) is 0 Å². The molecule has 18 heavy (non-hydrogen) atoms. The van der Waals surface area contributed by atoms with Crippen molar-refractivity contribution in [3.05, 3.63) is 30.1 Å². The zero-order valence-electron chi connectivity index (χ0n) is 11.3. The van der Waals surface area contributed by atoms with Crippen molar-refractivity contribution >= 4 is 0 Å². The fourth-order valence-electron chi connectivity index (χ4n) is 2.41. The van der Waals surface area contributed by atoms with E-state index in [1.165, 1.54) is 0 Å². The highest BCUT2D eigenvalue weighted by atomic mass is 16.3. The monoisotopic (exact) mass is 249 g/mol. The summed E-state index contributed by atoms with van der Waals surface area (Å²) < 4.78 is 0. The zero-order chi connectivity index (χ0) is 13.0. The number of nitrogens with zero attached hydrogens (tertiary/aromatic N) is 2. The van der Waals surface area contributed by atoms with Gasteiger partial charge in [0.05, 0.1) is 12.3 Å². The topological polar surface area (TPSA) is 48.4 Å². The van der Waals surface area contributed by atoms with E-state index in [9.17, 15) is 5.11 Å². The van der Waals surface area contributed by atoms with Crippen molar-refractivity contribution in [3.63, 3.8) is 0 Å². The van der Waals surface area contributed by atoms with E-state index < -0.39 is 0 Å². The number of aliphatic hydroxyl groups is 1. The molecule has 1 aromatic rings. The Bertz CT molecular complexity index is 367. The van der Waals surface area contributed by atoms with Gasteiger partial charge in [0.15, 0.2) is 0 Å². The van der Waals surface area contributed by atoms with Crippen molar-refractivity contribution in [2.45, 2.75) is 38.4 Å². The van der Waals surface area contributed by atoms with Gasteiger partial charge >= 0.3 is 0 Å². The molecule has 1 unspecified atom stereocenters. The Morgan fingerprint density at radius 2 is 2.33 bits per heavy atom. The second kappa shape index (κ2) is 5.78. The van der Waals surface area contributed by atoms with Crippen LogP contribution in [0.3, 0.4) is 0 Å². The van der Waals surface area contributed by atoms with Crippen LogP contribution < -0.4 is 5.32 Å². The Morgan fingerprint density at radius 3 is 3.00 bits per heavy atom. The van der Waals surface area contributed by atoms with Crippen LogP contribution in [0.15, 0.2) is 24.4 Å². The van der Waals surface area contributed by atoms with E-state index in [4.69, 9.17) is 0 Å².